The minimum atomic E-state index is 0.0198. The number of hydrogen-bond acceptors (Lipinski definition) is 2. The number of hydrogen-bond donors (Lipinski definition) is 0. The largest absolute Gasteiger partial charge is 0.466 e. The molecule has 0 spiro atoms. The summed E-state index contributed by atoms with van der Waals surface area (Å²) >= 11 is 0. The van der Waals surface area contributed by atoms with Crippen LogP contribution in [-0.4, -0.2) is 12.6 Å². The van der Waals surface area contributed by atoms with Crippen molar-refractivity contribution in [2.45, 2.75) is 251 Å². The lowest BCUT2D eigenvalue weighted by atomic mass is 10.0. The van der Waals surface area contributed by atoms with E-state index in [1.807, 2.05) is 0 Å². The molecular formula is C45H86O2. The van der Waals surface area contributed by atoms with Crippen LogP contribution in [0.1, 0.15) is 251 Å². The predicted octanol–water partition coefficient (Wildman–Crippen LogP) is 16.1. The van der Waals surface area contributed by atoms with Crippen LogP contribution in [0.15, 0.2) is 24.3 Å². The molecule has 0 aromatic rings. The standard InChI is InChI=1S/C45H86O2/c1-3-5-7-9-11-13-15-17-19-21-22-23-24-25-26-27-28-29-31-33-35-37-39-41-43-45(46)47-44-42-40-38-36-34-32-30-20-18-16-14-12-10-8-6-4-2/h12,14,18,20H,3-11,13,15-17,19,21-44H2,1-2H3/b14-12-,20-18-. The Morgan fingerprint density at radius 1 is 0.362 bits per heavy atom. The van der Waals surface area contributed by atoms with E-state index in [4.69, 9.17) is 4.74 Å². The van der Waals surface area contributed by atoms with Crippen LogP contribution in [0, 0.1) is 0 Å². The molecule has 2 nitrogen and oxygen atoms in total. The molecule has 0 amide bonds. The molecule has 47 heavy (non-hydrogen) atoms. The molecule has 0 aliphatic heterocycles. The van der Waals surface area contributed by atoms with Crippen molar-refractivity contribution in [1.82, 2.24) is 0 Å². The summed E-state index contributed by atoms with van der Waals surface area (Å²) in [5.74, 6) is 0.0198. The Bertz CT molecular complexity index is 636. The minimum Gasteiger partial charge on any atom is -0.466 e. The fourth-order valence-electron chi connectivity index (χ4n) is 6.58. The van der Waals surface area contributed by atoms with Crippen molar-refractivity contribution in [1.29, 1.82) is 0 Å². The molecule has 0 heterocycles. The van der Waals surface area contributed by atoms with Gasteiger partial charge in [0.1, 0.15) is 0 Å². The Balaban J connectivity index is 3.19. The maximum absolute atomic E-state index is 12.0. The SMILES string of the molecule is CCCCC/C=C\C/C=C\CCCCCCCCOC(=O)CCCCCCCCCCCCCCCCCCCCCCCCCC. The van der Waals surface area contributed by atoms with Gasteiger partial charge in [0.05, 0.1) is 6.61 Å². The van der Waals surface area contributed by atoms with Crippen molar-refractivity contribution in [3.8, 4) is 0 Å². The molecular weight excluding hydrogens is 572 g/mol. The van der Waals surface area contributed by atoms with Crippen LogP contribution in [-0.2, 0) is 9.53 Å². The summed E-state index contributed by atoms with van der Waals surface area (Å²) in [6.07, 6.45) is 58.5. The van der Waals surface area contributed by atoms with Crippen molar-refractivity contribution in [3.63, 3.8) is 0 Å². The van der Waals surface area contributed by atoms with Gasteiger partial charge in [-0.15, -0.1) is 0 Å². The monoisotopic (exact) mass is 659 g/mol. The molecule has 0 unspecified atom stereocenters. The molecule has 0 saturated carbocycles. The summed E-state index contributed by atoms with van der Waals surface area (Å²) in [6, 6.07) is 0. The normalized spacial score (nSPS) is 11.8. The van der Waals surface area contributed by atoms with Gasteiger partial charge in [0.15, 0.2) is 0 Å². The summed E-state index contributed by atoms with van der Waals surface area (Å²) in [6.45, 7) is 5.18. The zero-order valence-electron chi connectivity index (χ0n) is 32.5. The van der Waals surface area contributed by atoms with Gasteiger partial charge in [-0.05, 0) is 44.9 Å². The highest BCUT2D eigenvalue weighted by atomic mass is 16.5. The first-order valence-corrected chi connectivity index (χ1v) is 21.8. The third-order valence-electron chi connectivity index (χ3n) is 9.84. The van der Waals surface area contributed by atoms with Gasteiger partial charge in [-0.25, -0.2) is 0 Å². The first-order chi connectivity index (χ1) is 23.3. The molecule has 278 valence electrons. The van der Waals surface area contributed by atoms with E-state index in [9.17, 15) is 4.79 Å². The number of ether oxygens (including phenoxy) is 1. The van der Waals surface area contributed by atoms with E-state index >= 15 is 0 Å². The second-order valence-electron chi connectivity index (χ2n) is 14.7. The molecule has 0 saturated heterocycles. The average Bonchev–Trinajstić information content (AvgIpc) is 3.08. The van der Waals surface area contributed by atoms with E-state index in [-0.39, 0.29) is 5.97 Å². The van der Waals surface area contributed by atoms with Crippen LogP contribution >= 0.6 is 0 Å². The molecule has 0 atom stereocenters. The van der Waals surface area contributed by atoms with E-state index in [0.717, 1.165) is 19.3 Å². The minimum absolute atomic E-state index is 0.0198. The maximum Gasteiger partial charge on any atom is 0.305 e. The number of carbonyl (C=O) groups is 1. The zero-order chi connectivity index (χ0) is 34.0. The van der Waals surface area contributed by atoms with Crippen molar-refractivity contribution < 1.29 is 9.53 Å². The van der Waals surface area contributed by atoms with Gasteiger partial charge in [0.2, 0.25) is 0 Å². The average molecular weight is 659 g/mol. The molecule has 0 fully saturated rings. The molecule has 0 aromatic heterocycles. The third-order valence-corrected chi connectivity index (χ3v) is 9.84. The highest BCUT2D eigenvalue weighted by molar-refractivity contribution is 5.69. The lowest BCUT2D eigenvalue weighted by Gasteiger charge is -2.06. The van der Waals surface area contributed by atoms with Crippen LogP contribution in [0.25, 0.3) is 0 Å². The second kappa shape index (κ2) is 43.0. The number of allylic oxidation sites excluding steroid dienone is 4. The van der Waals surface area contributed by atoms with E-state index in [1.165, 1.54) is 212 Å². The molecule has 2 heteroatoms. The highest BCUT2D eigenvalue weighted by Gasteiger charge is 2.03. The quantitative estimate of drug-likeness (QED) is 0.0372. The molecule has 0 N–H and O–H groups in total. The molecule has 0 rings (SSSR count). The van der Waals surface area contributed by atoms with Gasteiger partial charge >= 0.3 is 5.97 Å². The van der Waals surface area contributed by atoms with Gasteiger partial charge in [-0.2, -0.15) is 0 Å². The summed E-state index contributed by atoms with van der Waals surface area (Å²) in [7, 11) is 0. The number of unbranched alkanes of at least 4 members (excludes halogenated alkanes) is 32. The van der Waals surface area contributed by atoms with E-state index in [1.54, 1.807) is 0 Å². The Labute approximate surface area is 297 Å². The van der Waals surface area contributed by atoms with E-state index < -0.39 is 0 Å². The first-order valence-electron chi connectivity index (χ1n) is 21.8. The predicted molar refractivity (Wildman–Crippen MR) is 211 cm³/mol. The first kappa shape index (κ1) is 46.0. The highest BCUT2D eigenvalue weighted by Crippen LogP contribution is 2.16. The molecule has 0 radical (unpaired) electrons. The van der Waals surface area contributed by atoms with Crippen LogP contribution in [0.5, 0.6) is 0 Å². The van der Waals surface area contributed by atoms with Gasteiger partial charge in [-0.3, -0.25) is 4.79 Å². The second-order valence-corrected chi connectivity index (χ2v) is 14.7. The zero-order valence-corrected chi connectivity index (χ0v) is 32.5. The van der Waals surface area contributed by atoms with Gasteiger partial charge in [0.25, 0.3) is 0 Å². The lowest BCUT2D eigenvalue weighted by molar-refractivity contribution is -0.143. The van der Waals surface area contributed by atoms with Crippen LogP contribution in [0.3, 0.4) is 0 Å². The maximum atomic E-state index is 12.0. The Morgan fingerprint density at radius 3 is 1.06 bits per heavy atom. The van der Waals surface area contributed by atoms with Gasteiger partial charge in [-0.1, -0.05) is 224 Å². The molecule has 0 aliphatic rings. The van der Waals surface area contributed by atoms with Gasteiger partial charge in [0, 0.05) is 6.42 Å². The Morgan fingerprint density at radius 2 is 0.660 bits per heavy atom. The number of carbonyl (C=O) groups excluding carboxylic acids is 1. The van der Waals surface area contributed by atoms with Crippen LogP contribution < -0.4 is 0 Å². The molecule has 0 bridgehead atoms. The fourth-order valence-corrected chi connectivity index (χ4v) is 6.58. The summed E-state index contributed by atoms with van der Waals surface area (Å²) in [5.41, 5.74) is 0. The van der Waals surface area contributed by atoms with E-state index in [0.29, 0.717) is 13.0 Å². The van der Waals surface area contributed by atoms with Crippen LogP contribution in [0.2, 0.25) is 0 Å². The van der Waals surface area contributed by atoms with Gasteiger partial charge < -0.3 is 4.74 Å². The van der Waals surface area contributed by atoms with Crippen molar-refractivity contribution in [3.05, 3.63) is 24.3 Å². The van der Waals surface area contributed by atoms with Crippen molar-refractivity contribution in [2.75, 3.05) is 6.61 Å². The number of rotatable bonds is 40. The molecule has 0 aliphatic carbocycles. The van der Waals surface area contributed by atoms with E-state index in [2.05, 4.69) is 38.2 Å². The fraction of sp³-hybridized carbons (Fsp3) is 0.889. The smallest absolute Gasteiger partial charge is 0.305 e. The topological polar surface area (TPSA) is 26.3 Å². The summed E-state index contributed by atoms with van der Waals surface area (Å²) < 4.78 is 5.46. The van der Waals surface area contributed by atoms with Crippen LogP contribution in [0.4, 0.5) is 0 Å². The number of esters is 1. The summed E-state index contributed by atoms with van der Waals surface area (Å²) in [4.78, 5) is 12.0. The third kappa shape index (κ3) is 42.9. The Hall–Kier alpha value is -1.05. The van der Waals surface area contributed by atoms with Crippen molar-refractivity contribution in [2.24, 2.45) is 0 Å². The summed E-state index contributed by atoms with van der Waals surface area (Å²) in [5, 5.41) is 0. The Kier molecular flexibility index (Phi) is 42.0. The molecule has 0 aromatic carbocycles. The lowest BCUT2D eigenvalue weighted by Crippen LogP contribution is -2.05. The van der Waals surface area contributed by atoms with Crippen molar-refractivity contribution >= 4 is 5.97 Å².